The topological polar surface area (TPSA) is 206 Å². The monoisotopic (exact) mass is 365 g/mol. The highest BCUT2D eigenvalue weighted by Crippen LogP contribution is 2.41. The summed E-state index contributed by atoms with van der Waals surface area (Å²) in [7, 11) is 1.07. The molecule has 2 rings (SSSR count). The first-order chi connectivity index (χ1) is 12.1. The number of aromatic carboxylic acids is 2. The normalized spacial score (nSPS) is 10.3. The Morgan fingerprint density at radius 1 is 1.23 bits per heavy atom. The molecular formula is C14H11N3O9. The van der Waals surface area contributed by atoms with Gasteiger partial charge in [-0.3, -0.25) is 14.9 Å². The molecule has 12 heteroatoms. The Balaban J connectivity index is 3.07. The fourth-order valence-corrected chi connectivity index (χ4v) is 2.37. The Hall–Kier alpha value is -4.09. The number of nitrogens with one attached hydrogen (secondary N) is 1. The quantitative estimate of drug-likeness (QED) is 0.369. The lowest BCUT2D eigenvalue weighted by molar-refractivity contribution is -0.385. The number of phenols is 1. The van der Waals surface area contributed by atoms with Gasteiger partial charge in [-0.25, -0.2) is 9.59 Å². The molecular weight excluding hydrogens is 354 g/mol. The summed E-state index contributed by atoms with van der Waals surface area (Å²) in [6.07, 6.45) is 0. The molecule has 0 aliphatic carbocycles. The number of nitrogens with two attached hydrogens (primary N) is 1. The number of hydrogen-bond donors (Lipinski definition) is 5. The zero-order valence-electron chi connectivity index (χ0n) is 13.0. The van der Waals surface area contributed by atoms with E-state index in [1.807, 2.05) is 4.98 Å². The second-order valence-corrected chi connectivity index (χ2v) is 4.91. The van der Waals surface area contributed by atoms with Crippen molar-refractivity contribution in [1.29, 1.82) is 0 Å². The summed E-state index contributed by atoms with van der Waals surface area (Å²) in [5, 5.41) is 39.6. The number of nitrogen functional groups attached to an aromatic ring is 1. The van der Waals surface area contributed by atoms with E-state index in [9.17, 15) is 39.8 Å². The van der Waals surface area contributed by atoms with E-state index in [0.29, 0.717) is 6.07 Å². The molecule has 0 fully saturated rings. The summed E-state index contributed by atoms with van der Waals surface area (Å²) in [4.78, 5) is 47.0. The van der Waals surface area contributed by atoms with Gasteiger partial charge in [-0.2, -0.15) is 0 Å². The van der Waals surface area contributed by atoms with Crippen LogP contribution in [0.4, 0.5) is 11.5 Å². The zero-order chi connectivity index (χ0) is 19.8. The van der Waals surface area contributed by atoms with Crippen molar-refractivity contribution in [3.05, 3.63) is 43.7 Å². The van der Waals surface area contributed by atoms with Gasteiger partial charge in [-0.1, -0.05) is 0 Å². The predicted molar refractivity (Wildman–Crippen MR) is 85.7 cm³/mol. The molecule has 136 valence electrons. The number of benzene rings is 1. The number of rotatable bonds is 5. The molecule has 0 saturated heterocycles. The van der Waals surface area contributed by atoms with Gasteiger partial charge in [0.05, 0.1) is 12.0 Å². The highest BCUT2D eigenvalue weighted by Gasteiger charge is 2.29. The fourth-order valence-electron chi connectivity index (χ4n) is 2.37. The lowest BCUT2D eigenvalue weighted by Crippen LogP contribution is -2.24. The predicted octanol–water partition coefficient (Wildman–Crippen LogP) is 0.643. The van der Waals surface area contributed by atoms with Crippen molar-refractivity contribution in [2.24, 2.45) is 0 Å². The van der Waals surface area contributed by atoms with E-state index in [-0.39, 0.29) is 5.56 Å². The summed E-state index contributed by atoms with van der Waals surface area (Å²) >= 11 is 0. The van der Waals surface area contributed by atoms with Gasteiger partial charge < -0.3 is 30.8 Å². The molecule has 0 bridgehead atoms. The molecule has 0 aliphatic rings. The number of methoxy groups -OCH3 is 1. The number of nitrogens with zero attached hydrogens (tertiary/aromatic N) is 1. The van der Waals surface area contributed by atoms with Crippen LogP contribution in [0, 0.1) is 10.1 Å². The van der Waals surface area contributed by atoms with E-state index < -0.39 is 62.1 Å². The molecule has 2 aromatic rings. The largest absolute Gasteiger partial charge is 0.500 e. The third-order valence-electron chi connectivity index (χ3n) is 3.43. The lowest BCUT2D eigenvalue weighted by atomic mass is 9.94. The minimum atomic E-state index is -1.78. The number of phenolic OH excluding ortho intramolecular Hbond substituents is 1. The number of nitro groups is 1. The average molecular weight is 365 g/mol. The molecule has 1 aromatic heterocycles. The number of nitro benzene ring substituents is 1. The second-order valence-electron chi connectivity index (χ2n) is 4.91. The molecule has 26 heavy (non-hydrogen) atoms. The van der Waals surface area contributed by atoms with E-state index in [4.69, 9.17) is 10.5 Å². The number of aromatic nitrogens is 1. The second kappa shape index (κ2) is 6.43. The van der Waals surface area contributed by atoms with Crippen molar-refractivity contribution in [3.63, 3.8) is 0 Å². The first kappa shape index (κ1) is 18.3. The zero-order valence-corrected chi connectivity index (χ0v) is 13.0. The van der Waals surface area contributed by atoms with E-state index >= 15 is 0 Å². The minimum absolute atomic E-state index is 0.362. The van der Waals surface area contributed by atoms with Crippen molar-refractivity contribution >= 4 is 23.4 Å². The Bertz CT molecular complexity index is 1010. The third-order valence-corrected chi connectivity index (χ3v) is 3.43. The van der Waals surface area contributed by atoms with Crippen molar-refractivity contribution < 1.29 is 34.6 Å². The number of aromatic amines is 1. The summed E-state index contributed by atoms with van der Waals surface area (Å²) in [5.74, 6) is -5.38. The van der Waals surface area contributed by atoms with Crippen LogP contribution in [-0.2, 0) is 0 Å². The molecule has 1 heterocycles. The molecule has 0 amide bonds. The van der Waals surface area contributed by atoms with Crippen molar-refractivity contribution in [3.8, 4) is 22.6 Å². The van der Waals surface area contributed by atoms with E-state index in [1.54, 1.807) is 0 Å². The standard InChI is InChI=1S/C14H11N3O9/c1-26-6-3-4(2-5(10(6)18)17(24)25)7-8(13(20)21)11(15)16-12(19)9(7)14(22)23/h2-3,18H,1H3,(H,20,21)(H,22,23)(H3,15,16,19). The molecule has 0 radical (unpaired) electrons. The number of pyridine rings is 1. The average Bonchev–Trinajstić information content (AvgIpc) is 2.53. The van der Waals surface area contributed by atoms with Gasteiger partial charge in [0.25, 0.3) is 5.56 Å². The summed E-state index contributed by atoms with van der Waals surface area (Å²) in [5.41, 5.74) is 0.613. The number of carboxylic acids is 2. The Kier molecular flexibility index (Phi) is 4.51. The van der Waals surface area contributed by atoms with Gasteiger partial charge in [0.1, 0.15) is 16.9 Å². The van der Waals surface area contributed by atoms with Crippen LogP contribution < -0.4 is 16.0 Å². The van der Waals surface area contributed by atoms with Crippen molar-refractivity contribution in [2.45, 2.75) is 0 Å². The number of ether oxygens (including phenoxy) is 1. The number of aromatic hydroxyl groups is 1. The van der Waals surface area contributed by atoms with Crippen LogP contribution in [0.1, 0.15) is 20.7 Å². The summed E-state index contributed by atoms with van der Waals surface area (Å²) in [6.45, 7) is 0. The van der Waals surface area contributed by atoms with Crippen LogP contribution in [0.25, 0.3) is 11.1 Å². The molecule has 0 unspecified atom stereocenters. The maximum atomic E-state index is 12.0. The highest BCUT2D eigenvalue weighted by molar-refractivity contribution is 6.07. The maximum Gasteiger partial charge on any atom is 0.342 e. The molecule has 0 aliphatic heterocycles. The fraction of sp³-hybridized carbons (Fsp3) is 0.0714. The Morgan fingerprint density at radius 2 is 1.81 bits per heavy atom. The molecule has 0 spiro atoms. The van der Waals surface area contributed by atoms with Gasteiger partial charge in [-0.15, -0.1) is 0 Å². The summed E-state index contributed by atoms with van der Waals surface area (Å²) in [6, 6.07) is 1.67. The van der Waals surface area contributed by atoms with Crippen LogP contribution in [-0.4, -0.2) is 44.3 Å². The SMILES string of the molecule is COc1cc(-c2c(C(=O)O)c(N)[nH]c(=O)c2C(=O)O)cc([N+](=O)[O-])c1O. The van der Waals surface area contributed by atoms with Gasteiger partial charge >= 0.3 is 17.6 Å². The van der Waals surface area contributed by atoms with E-state index in [2.05, 4.69) is 0 Å². The van der Waals surface area contributed by atoms with Crippen molar-refractivity contribution in [2.75, 3.05) is 12.8 Å². The Morgan fingerprint density at radius 3 is 2.27 bits per heavy atom. The van der Waals surface area contributed by atoms with Crippen LogP contribution in [0.15, 0.2) is 16.9 Å². The number of carboxylic acid groups (broad SMARTS) is 2. The highest BCUT2D eigenvalue weighted by atomic mass is 16.6. The minimum Gasteiger partial charge on any atom is -0.500 e. The number of H-pyrrole nitrogens is 1. The molecule has 1 aromatic carbocycles. The molecule has 0 atom stereocenters. The maximum absolute atomic E-state index is 12.0. The first-order valence-corrected chi connectivity index (χ1v) is 6.68. The molecule has 12 nitrogen and oxygen atoms in total. The van der Waals surface area contributed by atoms with Gasteiger partial charge in [-0.05, 0) is 11.6 Å². The van der Waals surface area contributed by atoms with Gasteiger partial charge in [0, 0.05) is 11.6 Å². The van der Waals surface area contributed by atoms with Crippen LogP contribution in [0.5, 0.6) is 11.5 Å². The van der Waals surface area contributed by atoms with Crippen molar-refractivity contribution in [1.82, 2.24) is 4.98 Å². The van der Waals surface area contributed by atoms with Crippen LogP contribution in [0.3, 0.4) is 0 Å². The number of hydrogen-bond acceptors (Lipinski definition) is 8. The summed E-state index contributed by atoms with van der Waals surface area (Å²) < 4.78 is 4.79. The third kappa shape index (κ3) is 2.86. The van der Waals surface area contributed by atoms with Crippen LogP contribution >= 0.6 is 0 Å². The van der Waals surface area contributed by atoms with Gasteiger partial charge in [0.2, 0.25) is 5.75 Å². The van der Waals surface area contributed by atoms with Crippen LogP contribution in [0.2, 0.25) is 0 Å². The van der Waals surface area contributed by atoms with Gasteiger partial charge in [0.15, 0.2) is 5.75 Å². The van der Waals surface area contributed by atoms with E-state index in [0.717, 1.165) is 13.2 Å². The lowest BCUT2D eigenvalue weighted by Gasteiger charge is -2.13. The van der Waals surface area contributed by atoms with E-state index in [1.165, 1.54) is 0 Å². The number of carbonyl (C=O) groups is 2. The smallest absolute Gasteiger partial charge is 0.342 e. The number of anilines is 1. The molecule has 6 N–H and O–H groups in total. The first-order valence-electron chi connectivity index (χ1n) is 6.68. The molecule has 0 saturated carbocycles. The Labute approximate surface area is 143 Å².